The molecule has 0 saturated carbocycles. The second-order valence-corrected chi connectivity index (χ2v) is 9.43. The third-order valence-corrected chi connectivity index (χ3v) is 6.41. The van der Waals surface area contributed by atoms with Crippen LogP contribution in [0.25, 0.3) is 11.3 Å². The van der Waals surface area contributed by atoms with Crippen LogP contribution in [0.2, 0.25) is 0 Å². The van der Waals surface area contributed by atoms with E-state index in [1.54, 1.807) is 26.0 Å². The Morgan fingerprint density at radius 2 is 1.81 bits per heavy atom. The second-order valence-electron chi connectivity index (χ2n) is 8.59. The first-order valence-electron chi connectivity index (χ1n) is 10.6. The number of aliphatic carboxylic acids is 1. The first kappa shape index (κ1) is 24.5. The summed E-state index contributed by atoms with van der Waals surface area (Å²) < 4.78 is 41.3. The van der Waals surface area contributed by atoms with Crippen LogP contribution in [-0.2, 0) is 4.79 Å². The van der Waals surface area contributed by atoms with E-state index >= 15 is 0 Å². The predicted molar refractivity (Wildman–Crippen MR) is 120 cm³/mol. The van der Waals surface area contributed by atoms with E-state index in [0.717, 1.165) is 42.6 Å². The molecule has 1 aliphatic rings. The molecule has 32 heavy (non-hydrogen) atoms. The lowest BCUT2D eigenvalue weighted by atomic mass is 9.99. The molecule has 2 aromatic rings. The normalized spacial score (nSPS) is 17.5. The number of carbonyl (C=O) groups is 1. The maximum absolute atomic E-state index is 13.8. The van der Waals surface area contributed by atoms with E-state index in [9.17, 15) is 23.1 Å². The maximum atomic E-state index is 13.8. The highest BCUT2D eigenvalue weighted by Crippen LogP contribution is 2.35. The standard InChI is InChI=1S/C22H29F3N4O2S/c1-14(2)12-17(20(30)31)26-19(22(23,24)25)16-6-4-15(5-7-16)18-13-32-21(27-18)29-10-8-28(3)9-11-29/h4-7,13-14,17,19,26H,8-12H2,1-3H3,(H,30,31)/t17-,19-/m0/s1. The van der Waals surface area contributed by atoms with Gasteiger partial charge in [-0.05, 0) is 24.9 Å². The van der Waals surface area contributed by atoms with E-state index < -0.39 is 24.2 Å². The molecule has 0 unspecified atom stereocenters. The van der Waals surface area contributed by atoms with Crippen molar-refractivity contribution in [3.8, 4) is 11.3 Å². The minimum Gasteiger partial charge on any atom is -0.480 e. The third kappa shape index (κ3) is 6.20. The number of rotatable bonds is 8. The fourth-order valence-corrected chi connectivity index (χ4v) is 4.57. The Labute approximate surface area is 190 Å². The molecule has 1 fully saturated rings. The van der Waals surface area contributed by atoms with Crippen molar-refractivity contribution in [3.05, 3.63) is 35.2 Å². The van der Waals surface area contributed by atoms with Gasteiger partial charge < -0.3 is 14.9 Å². The summed E-state index contributed by atoms with van der Waals surface area (Å²) in [6.45, 7) is 7.26. The first-order chi connectivity index (χ1) is 15.0. The van der Waals surface area contributed by atoms with E-state index in [4.69, 9.17) is 0 Å². The molecule has 10 heteroatoms. The lowest BCUT2D eigenvalue weighted by Gasteiger charge is -2.32. The molecule has 6 nitrogen and oxygen atoms in total. The van der Waals surface area contributed by atoms with Crippen molar-refractivity contribution in [1.29, 1.82) is 0 Å². The van der Waals surface area contributed by atoms with Gasteiger partial charge in [-0.15, -0.1) is 11.3 Å². The van der Waals surface area contributed by atoms with Crippen LogP contribution in [0.15, 0.2) is 29.6 Å². The highest BCUT2D eigenvalue weighted by molar-refractivity contribution is 7.14. The van der Waals surface area contributed by atoms with Gasteiger partial charge in [-0.2, -0.15) is 13.2 Å². The quantitative estimate of drug-likeness (QED) is 0.601. The molecule has 2 heterocycles. The van der Waals surface area contributed by atoms with E-state index in [2.05, 4.69) is 27.1 Å². The zero-order chi connectivity index (χ0) is 23.5. The number of nitrogens with one attached hydrogen (secondary N) is 1. The van der Waals surface area contributed by atoms with Crippen LogP contribution in [-0.4, -0.2) is 66.4 Å². The Bertz CT molecular complexity index is 893. The summed E-state index contributed by atoms with van der Waals surface area (Å²) in [7, 11) is 2.08. The summed E-state index contributed by atoms with van der Waals surface area (Å²) in [4.78, 5) is 20.6. The summed E-state index contributed by atoms with van der Waals surface area (Å²) in [5.74, 6) is -1.34. The number of likely N-dealkylation sites (N-methyl/N-ethyl adjacent to an activating group) is 1. The van der Waals surface area contributed by atoms with Gasteiger partial charge in [0, 0.05) is 37.1 Å². The fourth-order valence-electron chi connectivity index (χ4n) is 3.68. The van der Waals surface area contributed by atoms with Crippen LogP contribution in [0.4, 0.5) is 18.3 Å². The first-order valence-corrected chi connectivity index (χ1v) is 11.5. The molecule has 1 aliphatic heterocycles. The average Bonchev–Trinajstić information content (AvgIpc) is 3.20. The summed E-state index contributed by atoms with van der Waals surface area (Å²) in [5.41, 5.74) is 1.42. The van der Waals surface area contributed by atoms with Crippen molar-refractivity contribution in [2.24, 2.45) is 5.92 Å². The lowest BCUT2D eigenvalue weighted by molar-refractivity contribution is -0.163. The van der Waals surface area contributed by atoms with Crippen molar-refractivity contribution in [2.75, 3.05) is 38.1 Å². The summed E-state index contributed by atoms with van der Waals surface area (Å²) >= 11 is 1.52. The number of halogens is 3. The zero-order valence-corrected chi connectivity index (χ0v) is 19.2. The number of aromatic nitrogens is 1. The van der Waals surface area contributed by atoms with E-state index in [0.29, 0.717) is 0 Å². The van der Waals surface area contributed by atoms with E-state index in [1.807, 2.05) is 5.38 Å². The minimum atomic E-state index is -4.62. The number of alkyl halides is 3. The Morgan fingerprint density at radius 3 is 2.34 bits per heavy atom. The van der Waals surface area contributed by atoms with Gasteiger partial charge >= 0.3 is 12.1 Å². The average molecular weight is 471 g/mol. The zero-order valence-electron chi connectivity index (χ0n) is 18.4. The molecule has 1 saturated heterocycles. The van der Waals surface area contributed by atoms with Gasteiger partial charge in [0.25, 0.3) is 0 Å². The van der Waals surface area contributed by atoms with Crippen LogP contribution >= 0.6 is 11.3 Å². The van der Waals surface area contributed by atoms with Crippen LogP contribution in [0.5, 0.6) is 0 Å². The molecule has 1 aromatic carbocycles. The summed E-state index contributed by atoms with van der Waals surface area (Å²) in [6.07, 6.45) is -4.52. The Balaban J connectivity index is 1.77. The highest BCUT2D eigenvalue weighted by Gasteiger charge is 2.43. The number of anilines is 1. The molecule has 3 rings (SSSR count). The van der Waals surface area contributed by atoms with Crippen LogP contribution in [0.3, 0.4) is 0 Å². The van der Waals surface area contributed by atoms with Gasteiger partial charge in [0.1, 0.15) is 12.1 Å². The van der Waals surface area contributed by atoms with Gasteiger partial charge in [0.15, 0.2) is 5.13 Å². The van der Waals surface area contributed by atoms with E-state index in [-0.39, 0.29) is 17.9 Å². The molecule has 176 valence electrons. The van der Waals surface area contributed by atoms with Crippen molar-refractivity contribution in [2.45, 2.75) is 38.5 Å². The van der Waals surface area contributed by atoms with Crippen molar-refractivity contribution in [1.82, 2.24) is 15.2 Å². The topological polar surface area (TPSA) is 68.7 Å². The van der Waals surface area contributed by atoms with Crippen molar-refractivity contribution < 1.29 is 23.1 Å². The number of hydrogen-bond acceptors (Lipinski definition) is 6. The van der Waals surface area contributed by atoms with Gasteiger partial charge in [0.05, 0.1) is 5.69 Å². The number of piperazine rings is 1. The highest BCUT2D eigenvalue weighted by atomic mass is 32.1. The van der Waals surface area contributed by atoms with Crippen LogP contribution < -0.4 is 10.2 Å². The minimum absolute atomic E-state index is 0.0224. The van der Waals surface area contributed by atoms with Crippen molar-refractivity contribution >= 4 is 22.4 Å². The predicted octanol–water partition coefficient (Wildman–Crippen LogP) is 4.25. The molecule has 0 amide bonds. The largest absolute Gasteiger partial charge is 0.480 e. The van der Waals surface area contributed by atoms with Crippen molar-refractivity contribution in [3.63, 3.8) is 0 Å². The smallest absolute Gasteiger partial charge is 0.407 e. The number of thiazole rings is 1. The molecule has 0 radical (unpaired) electrons. The lowest BCUT2D eigenvalue weighted by Crippen LogP contribution is -2.45. The second kappa shape index (κ2) is 10.2. The number of hydrogen-bond donors (Lipinski definition) is 2. The van der Waals surface area contributed by atoms with Gasteiger partial charge in [0.2, 0.25) is 0 Å². The molecule has 0 spiro atoms. The Kier molecular flexibility index (Phi) is 7.79. The van der Waals surface area contributed by atoms with Crippen LogP contribution in [0.1, 0.15) is 31.9 Å². The number of carboxylic acids is 1. The third-order valence-electron chi connectivity index (χ3n) is 5.51. The Morgan fingerprint density at radius 1 is 1.19 bits per heavy atom. The molecule has 0 aliphatic carbocycles. The molecular formula is C22H29F3N4O2S. The molecule has 2 N–H and O–H groups in total. The molecule has 1 aromatic heterocycles. The van der Waals surface area contributed by atoms with Crippen LogP contribution in [0, 0.1) is 5.92 Å². The number of nitrogens with zero attached hydrogens (tertiary/aromatic N) is 3. The SMILES string of the molecule is CC(C)C[C@H](N[C@@H](c1ccc(-c2csc(N3CCN(C)CC3)n2)cc1)C(F)(F)F)C(=O)O. The fraction of sp³-hybridized carbons (Fsp3) is 0.545. The van der Waals surface area contributed by atoms with Gasteiger partial charge in [-0.25, -0.2) is 4.98 Å². The molecule has 2 atom stereocenters. The number of carboxylic acid groups (broad SMARTS) is 1. The van der Waals surface area contributed by atoms with E-state index in [1.165, 1.54) is 23.5 Å². The Hall–Kier alpha value is -2.17. The molecular weight excluding hydrogens is 441 g/mol. The number of benzene rings is 1. The molecule has 0 bridgehead atoms. The summed E-state index contributed by atoms with van der Waals surface area (Å²) in [6, 6.07) is 2.65. The maximum Gasteiger partial charge on any atom is 0.407 e. The van der Waals surface area contributed by atoms with Gasteiger partial charge in [-0.1, -0.05) is 38.1 Å². The summed E-state index contributed by atoms with van der Waals surface area (Å²) in [5, 5.41) is 14.5. The monoisotopic (exact) mass is 470 g/mol. The van der Waals surface area contributed by atoms with Gasteiger partial charge in [-0.3, -0.25) is 10.1 Å².